The highest BCUT2D eigenvalue weighted by Gasteiger charge is 2.49. The Morgan fingerprint density at radius 2 is 2.12 bits per heavy atom. The van der Waals surface area contributed by atoms with E-state index in [1.165, 1.54) is 4.90 Å². The molecule has 3 saturated heterocycles. The number of carbonyl (C=O) groups excluding carboxylic acids is 2. The largest absolute Gasteiger partial charge is 0.418 e. The molecule has 24 heavy (non-hydrogen) atoms. The van der Waals surface area contributed by atoms with Crippen LogP contribution >= 0.6 is 0 Å². The minimum absolute atomic E-state index is 0.109. The van der Waals surface area contributed by atoms with Crippen LogP contribution in [0.1, 0.15) is 19.3 Å². The molecule has 0 radical (unpaired) electrons. The van der Waals surface area contributed by atoms with Crippen molar-refractivity contribution in [3.63, 3.8) is 0 Å². The average molecular weight is 366 g/mol. The summed E-state index contributed by atoms with van der Waals surface area (Å²) in [4.78, 5) is 25.8. The van der Waals surface area contributed by atoms with Gasteiger partial charge in [0.2, 0.25) is 5.91 Å². The number of nitrogens with zero attached hydrogens (tertiary/aromatic N) is 2. The standard InChI is InChI=1S/C12H19FN4O6S/c13-8-5-14-4-3-9(8)15-11(18)10-2-1-7-6-16(10)12(19)17(7)23-24(20,21)22/h7-10,14H,1-6H2,(H,15,18)(H,20,21,22)/t7-,8+,9-,10+/m1/s1. The van der Waals surface area contributed by atoms with Crippen molar-refractivity contribution in [2.24, 2.45) is 0 Å². The summed E-state index contributed by atoms with van der Waals surface area (Å²) in [6.45, 7) is 0.866. The van der Waals surface area contributed by atoms with Crippen LogP contribution in [0.4, 0.5) is 9.18 Å². The van der Waals surface area contributed by atoms with Crippen LogP contribution in [0.2, 0.25) is 0 Å². The zero-order valence-corrected chi connectivity index (χ0v) is 13.5. The van der Waals surface area contributed by atoms with Crippen molar-refractivity contribution < 1.29 is 31.2 Å². The summed E-state index contributed by atoms with van der Waals surface area (Å²) in [5.41, 5.74) is 0. The van der Waals surface area contributed by atoms with Gasteiger partial charge in [0.05, 0.1) is 12.1 Å². The normalized spacial score (nSPS) is 33.7. The van der Waals surface area contributed by atoms with Crippen molar-refractivity contribution >= 4 is 22.3 Å². The highest BCUT2D eigenvalue weighted by atomic mass is 32.3. The molecular weight excluding hydrogens is 347 g/mol. The predicted octanol–water partition coefficient (Wildman–Crippen LogP) is -1.19. The summed E-state index contributed by atoms with van der Waals surface area (Å²) < 4.78 is 48.5. The predicted molar refractivity (Wildman–Crippen MR) is 77.7 cm³/mol. The number of hydroxylamine groups is 2. The third-order valence-corrected chi connectivity index (χ3v) is 4.88. The van der Waals surface area contributed by atoms with Gasteiger partial charge in [-0.25, -0.2) is 9.18 Å². The van der Waals surface area contributed by atoms with Crippen LogP contribution in [-0.4, -0.2) is 78.8 Å². The quantitative estimate of drug-likeness (QED) is 0.534. The third kappa shape index (κ3) is 3.45. The first-order valence-electron chi connectivity index (χ1n) is 7.68. The van der Waals surface area contributed by atoms with Crippen LogP contribution in [0.5, 0.6) is 0 Å². The molecule has 3 amide bonds. The van der Waals surface area contributed by atoms with Gasteiger partial charge in [-0.05, 0) is 25.8 Å². The van der Waals surface area contributed by atoms with Gasteiger partial charge >= 0.3 is 16.4 Å². The zero-order chi connectivity index (χ0) is 17.5. The van der Waals surface area contributed by atoms with E-state index in [1.54, 1.807) is 0 Å². The molecule has 12 heteroatoms. The Hall–Kier alpha value is -1.50. The topological polar surface area (TPSA) is 128 Å². The van der Waals surface area contributed by atoms with Gasteiger partial charge in [-0.15, -0.1) is 4.28 Å². The van der Waals surface area contributed by atoms with E-state index in [0.29, 0.717) is 30.9 Å². The molecular formula is C12H19FN4O6S. The third-order valence-electron chi connectivity index (χ3n) is 4.54. The molecule has 3 fully saturated rings. The van der Waals surface area contributed by atoms with Crippen molar-refractivity contribution in [1.82, 2.24) is 20.6 Å². The number of hydrogen-bond acceptors (Lipinski definition) is 6. The second-order valence-corrected chi connectivity index (χ2v) is 7.14. The molecule has 3 heterocycles. The monoisotopic (exact) mass is 366 g/mol. The van der Waals surface area contributed by atoms with Crippen molar-refractivity contribution in [3.8, 4) is 0 Å². The number of alkyl halides is 1. The Morgan fingerprint density at radius 3 is 2.79 bits per heavy atom. The number of urea groups is 1. The maximum atomic E-state index is 13.8. The van der Waals surface area contributed by atoms with Crippen LogP contribution in [0.15, 0.2) is 0 Å². The van der Waals surface area contributed by atoms with E-state index in [-0.39, 0.29) is 13.1 Å². The molecule has 0 aromatic rings. The summed E-state index contributed by atoms with van der Waals surface area (Å²) in [5, 5.41) is 6.09. The SMILES string of the molecule is O=C(N[C@@H]1CCNC[C@@H]1F)[C@@H]1CC[C@@H]2CN1C(=O)N2OS(=O)(=O)O. The number of nitrogens with one attached hydrogen (secondary N) is 2. The molecule has 0 aromatic heterocycles. The maximum Gasteiger partial charge on any atom is 0.418 e. The van der Waals surface area contributed by atoms with Gasteiger partial charge < -0.3 is 15.5 Å². The van der Waals surface area contributed by atoms with E-state index < -0.39 is 46.6 Å². The number of halogens is 1. The van der Waals surface area contributed by atoms with E-state index >= 15 is 0 Å². The molecule has 0 aliphatic carbocycles. The van der Waals surface area contributed by atoms with Crippen LogP contribution < -0.4 is 10.6 Å². The molecule has 3 aliphatic heterocycles. The second-order valence-electron chi connectivity index (χ2n) is 6.13. The lowest BCUT2D eigenvalue weighted by molar-refractivity contribution is -0.127. The molecule has 10 nitrogen and oxygen atoms in total. The van der Waals surface area contributed by atoms with Crippen LogP contribution in [0, 0.1) is 0 Å². The van der Waals surface area contributed by atoms with Crippen LogP contribution in [-0.2, 0) is 19.5 Å². The Bertz CT molecular complexity index is 631. The number of carbonyl (C=O) groups is 2. The summed E-state index contributed by atoms with van der Waals surface area (Å²) in [6.07, 6.45) is -0.113. The van der Waals surface area contributed by atoms with E-state index in [9.17, 15) is 22.4 Å². The summed E-state index contributed by atoms with van der Waals surface area (Å²) >= 11 is 0. The van der Waals surface area contributed by atoms with Gasteiger partial charge in [0.25, 0.3) is 0 Å². The Balaban J connectivity index is 1.66. The van der Waals surface area contributed by atoms with Crippen LogP contribution in [0.25, 0.3) is 0 Å². The fraction of sp³-hybridized carbons (Fsp3) is 0.833. The first-order chi connectivity index (χ1) is 11.3. The molecule has 2 bridgehead atoms. The smallest absolute Gasteiger partial charge is 0.349 e. The highest BCUT2D eigenvalue weighted by molar-refractivity contribution is 7.80. The number of amides is 3. The molecule has 3 rings (SSSR count). The van der Waals surface area contributed by atoms with Gasteiger partial charge in [-0.1, -0.05) is 0 Å². The van der Waals surface area contributed by atoms with Crippen LogP contribution in [0.3, 0.4) is 0 Å². The molecule has 0 saturated carbocycles. The Morgan fingerprint density at radius 1 is 1.38 bits per heavy atom. The molecule has 0 aromatic carbocycles. The van der Waals surface area contributed by atoms with E-state index in [0.717, 1.165) is 0 Å². The average Bonchev–Trinajstić information content (AvgIpc) is 2.73. The Labute approximate surface area is 138 Å². The minimum atomic E-state index is -4.83. The summed E-state index contributed by atoms with van der Waals surface area (Å²) in [5.74, 6) is -0.468. The molecule has 136 valence electrons. The lowest BCUT2D eigenvalue weighted by Crippen LogP contribution is -2.56. The summed E-state index contributed by atoms with van der Waals surface area (Å²) in [7, 11) is -4.83. The molecule has 4 atom stereocenters. The van der Waals surface area contributed by atoms with E-state index in [2.05, 4.69) is 14.9 Å². The number of fused-ring (bicyclic) bond motifs is 2. The van der Waals surface area contributed by atoms with Gasteiger partial charge in [0.1, 0.15) is 12.2 Å². The Kier molecular flexibility index (Phi) is 4.64. The van der Waals surface area contributed by atoms with E-state index in [4.69, 9.17) is 4.55 Å². The molecule has 3 N–H and O–H groups in total. The van der Waals surface area contributed by atoms with Gasteiger partial charge in [0, 0.05) is 13.1 Å². The van der Waals surface area contributed by atoms with Crippen molar-refractivity contribution in [2.45, 2.75) is 43.6 Å². The lowest BCUT2D eigenvalue weighted by atomic mass is 9.98. The van der Waals surface area contributed by atoms with E-state index in [1.807, 2.05) is 0 Å². The van der Waals surface area contributed by atoms with Crippen molar-refractivity contribution in [2.75, 3.05) is 19.6 Å². The zero-order valence-electron chi connectivity index (χ0n) is 12.7. The number of piperidine rings is 2. The molecule has 0 spiro atoms. The number of rotatable bonds is 4. The van der Waals surface area contributed by atoms with Gasteiger partial charge in [0.15, 0.2) is 0 Å². The molecule has 3 aliphatic rings. The van der Waals surface area contributed by atoms with Crippen molar-refractivity contribution in [3.05, 3.63) is 0 Å². The fourth-order valence-electron chi connectivity index (χ4n) is 3.37. The minimum Gasteiger partial charge on any atom is -0.349 e. The number of hydrogen-bond donors (Lipinski definition) is 3. The first-order valence-corrected chi connectivity index (χ1v) is 9.05. The summed E-state index contributed by atoms with van der Waals surface area (Å²) in [6, 6.07) is -2.79. The maximum absolute atomic E-state index is 13.8. The fourth-order valence-corrected chi connectivity index (χ4v) is 3.75. The highest BCUT2D eigenvalue weighted by Crippen LogP contribution is 2.30. The van der Waals surface area contributed by atoms with Crippen molar-refractivity contribution in [1.29, 1.82) is 0 Å². The lowest BCUT2D eigenvalue weighted by Gasteiger charge is -2.33. The first kappa shape index (κ1) is 17.3. The van der Waals surface area contributed by atoms with Gasteiger partial charge in [-0.2, -0.15) is 13.5 Å². The van der Waals surface area contributed by atoms with Gasteiger partial charge in [-0.3, -0.25) is 9.35 Å². The molecule has 0 unspecified atom stereocenters. The second kappa shape index (κ2) is 6.43.